The lowest BCUT2D eigenvalue weighted by Crippen LogP contribution is -2.26. The number of carbonyl (C=O) groups is 1. The fourth-order valence-electron chi connectivity index (χ4n) is 3.32. The Morgan fingerprint density at radius 1 is 0.969 bits per heavy atom. The van der Waals surface area contributed by atoms with Crippen LogP contribution in [0.2, 0.25) is 0 Å². The van der Waals surface area contributed by atoms with E-state index in [1.807, 2.05) is 32.3 Å². The van der Waals surface area contributed by atoms with E-state index in [1.165, 1.54) is 7.11 Å². The van der Waals surface area contributed by atoms with Gasteiger partial charge in [-0.05, 0) is 59.4 Å². The van der Waals surface area contributed by atoms with Crippen LogP contribution in [0.3, 0.4) is 0 Å². The number of fused-ring (bicyclic) bond motifs is 1. The molecule has 2 aromatic carbocycles. The topological polar surface area (TPSA) is 69.7 Å². The second-order valence-corrected chi connectivity index (χ2v) is 8.48. The van der Waals surface area contributed by atoms with Crippen LogP contribution in [0.25, 0.3) is 0 Å². The van der Waals surface area contributed by atoms with Crippen molar-refractivity contribution in [2.45, 2.75) is 13.1 Å². The molecule has 1 amide bonds. The maximum absolute atomic E-state index is 13.5. The zero-order chi connectivity index (χ0) is 23.1. The van der Waals surface area contributed by atoms with Crippen LogP contribution >= 0.6 is 15.9 Å². The van der Waals surface area contributed by atoms with E-state index in [2.05, 4.69) is 20.8 Å². The lowest BCUT2D eigenvalue weighted by atomic mass is 10.1. The largest absolute Gasteiger partial charge is 0.492 e. The lowest BCUT2D eigenvalue weighted by molar-refractivity contribution is 0.0447. The van der Waals surface area contributed by atoms with Gasteiger partial charge in [-0.3, -0.25) is 4.79 Å². The van der Waals surface area contributed by atoms with Crippen molar-refractivity contribution in [3.63, 3.8) is 0 Å². The second kappa shape index (κ2) is 11.5. The zero-order valence-corrected chi connectivity index (χ0v) is 20.4. The van der Waals surface area contributed by atoms with E-state index in [1.54, 1.807) is 24.1 Å². The molecule has 8 nitrogen and oxygen atoms in total. The number of nitrogens with zero attached hydrogens (tertiary/aromatic N) is 2. The van der Waals surface area contributed by atoms with Crippen LogP contribution in [0.1, 0.15) is 21.5 Å². The van der Waals surface area contributed by atoms with Gasteiger partial charge in [0.25, 0.3) is 5.91 Å². The molecule has 0 saturated heterocycles. The van der Waals surface area contributed by atoms with Gasteiger partial charge in [-0.25, -0.2) is 0 Å². The number of methoxy groups -OCH3 is 2. The van der Waals surface area contributed by atoms with Crippen molar-refractivity contribution in [2.75, 3.05) is 55.1 Å². The molecule has 32 heavy (non-hydrogen) atoms. The van der Waals surface area contributed by atoms with Crippen LogP contribution < -0.4 is 14.2 Å². The number of ether oxygens (including phenoxy) is 5. The van der Waals surface area contributed by atoms with Gasteiger partial charge in [-0.2, -0.15) is 0 Å². The van der Waals surface area contributed by atoms with E-state index in [0.29, 0.717) is 41.2 Å². The van der Waals surface area contributed by atoms with Gasteiger partial charge in [0.05, 0.1) is 5.56 Å². The number of carbonyl (C=O) groups excluding carboxylic acids is 1. The molecule has 0 bridgehead atoms. The summed E-state index contributed by atoms with van der Waals surface area (Å²) in [5, 5.41) is 0. The van der Waals surface area contributed by atoms with Crippen molar-refractivity contribution in [3.05, 3.63) is 51.5 Å². The molecule has 1 heterocycles. The third-order valence-corrected chi connectivity index (χ3v) is 5.54. The van der Waals surface area contributed by atoms with E-state index in [0.717, 1.165) is 23.4 Å². The van der Waals surface area contributed by atoms with Crippen molar-refractivity contribution in [2.24, 2.45) is 0 Å². The Morgan fingerprint density at radius 3 is 2.41 bits per heavy atom. The van der Waals surface area contributed by atoms with Gasteiger partial charge < -0.3 is 33.5 Å². The minimum Gasteiger partial charge on any atom is -0.492 e. The Kier molecular flexibility index (Phi) is 8.75. The number of likely N-dealkylation sites (N-methyl/N-ethyl adjacent to an activating group) is 1. The molecule has 2 aromatic rings. The van der Waals surface area contributed by atoms with Crippen molar-refractivity contribution in [3.8, 4) is 17.2 Å². The molecule has 174 valence electrons. The molecule has 9 heteroatoms. The van der Waals surface area contributed by atoms with E-state index in [9.17, 15) is 4.79 Å². The predicted molar refractivity (Wildman–Crippen MR) is 123 cm³/mol. The Morgan fingerprint density at radius 2 is 1.69 bits per heavy atom. The van der Waals surface area contributed by atoms with Crippen LogP contribution in [0.5, 0.6) is 17.2 Å². The molecule has 3 rings (SSSR count). The fraction of sp³-hybridized carbons (Fsp3) is 0.435. The van der Waals surface area contributed by atoms with Gasteiger partial charge in [0.1, 0.15) is 23.9 Å². The molecule has 0 unspecified atom stereocenters. The third-order valence-electron chi connectivity index (χ3n) is 4.91. The molecular weight excluding hydrogens is 480 g/mol. The quantitative estimate of drug-likeness (QED) is 0.430. The van der Waals surface area contributed by atoms with E-state index < -0.39 is 0 Å². The van der Waals surface area contributed by atoms with Gasteiger partial charge >= 0.3 is 0 Å². The molecule has 0 fully saturated rings. The standard InChI is InChI=1S/C23H29BrN2O6/c1-25(2)7-8-30-18-6-5-16-12-26(13-17(16)9-18)23(27)22-20(24)10-19(31-14-28-3)11-21(22)32-15-29-4/h5-6,9-11H,7-8,12-15H2,1-4H3. The second-order valence-electron chi connectivity index (χ2n) is 7.62. The summed E-state index contributed by atoms with van der Waals surface area (Å²) in [6, 6.07) is 9.37. The van der Waals surface area contributed by atoms with E-state index in [4.69, 9.17) is 23.7 Å². The molecule has 0 aliphatic carbocycles. The molecule has 0 spiro atoms. The highest BCUT2D eigenvalue weighted by Gasteiger charge is 2.29. The molecule has 1 aliphatic heterocycles. The van der Waals surface area contributed by atoms with Crippen LogP contribution in [-0.2, 0) is 22.6 Å². The summed E-state index contributed by atoms with van der Waals surface area (Å²) >= 11 is 3.50. The van der Waals surface area contributed by atoms with Crippen molar-refractivity contribution in [1.82, 2.24) is 9.80 Å². The minimum atomic E-state index is -0.146. The van der Waals surface area contributed by atoms with Gasteiger partial charge in [0.15, 0.2) is 13.6 Å². The Balaban J connectivity index is 1.77. The monoisotopic (exact) mass is 508 g/mol. The molecule has 0 atom stereocenters. The number of amides is 1. The maximum Gasteiger partial charge on any atom is 0.259 e. The summed E-state index contributed by atoms with van der Waals surface area (Å²) in [6.45, 7) is 2.56. The van der Waals surface area contributed by atoms with Gasteiger partial charge in [0, 0.05) is 44.4 Å². The number of hydrogen-bond donors (Lipinski definition) is 0. The summed E-state index contributed by atoms with van der Waals surface area (Å²) in [5.41, 5.74) is 2.60. The number of halogens is 1. The number of rotatable bonds is 11. The highest BCUT2D eigenvalue weighted by molar-refractivity contribution is 9.10. The average molecular weight is 509 g/mol. The van der Waals surface area contributed by atoms with E-state index >= 15 is 0 Å². The van der Waals surface area contributed by atoms with Crippen LogP contribution in [0.15, 0.2) is 34.8 Å². The van der Waals surface area contributed by atoms with Crippen LogP contribution in [-0.4, -0.2) is 70.8 Å². The highest BCUT2D eigenvalue weighted by atomic mass is 79.9. The Labute approximate surface area is 197 Å². The Hall–Kier alpha value is -2.33. The fourth-order valence-corrected chi connectivity index (χ4v) is 3.91. The van der Waals surface area contributed by atoms with Crippen molar-refractivity contribution >= 4 is 21.8 Å². The lowest BCUT2D eigenvalue weighted by Gasteiger charge is -2.20. The van der Waals surface area contributed by atoms with Gasteiger partial charge in [-0.15, -0.1) is 0 Å². The summed E-state index contributed by atoms with van der Waals surface area (Å²) in [7, 11) is 7.08. The summed E-state index contributed by atoms with van der Waals surface area (Å²) in [4.78, 5) is 17.3. The zero-order valence-electron chi connectivity index (χ0n) is 18.9. The molecule has 0 radical (unpaired) electrons. The van der Waals surface area contributed by atoms with Crippen molar-refractivity contribution in [1.29, 1.82) is 0 Å². The summed E-state index contributed by atoms with van der Waals surface area (Å²) < 4.78 is 27.6. The average Bonchev–Trinajstić information content (AvgIpc) is 3.19. The molecule has 1 aliphatic rings. The summed E-state index contributed by atoms with van der Waals surface area (Å²) in [6.07, 6.45) is 0. The molecule has 0 N–H and O–H groups in total. The SMILES string of the molecule is COCOc1cc(Br)c(C(=O)N2Cc3ccc(OCCN(C)C)cc3C2)c(OCOC)c1. The highest BCUT2D eigenvalue weighted by Crippen LogP contribution is 2.36. The molecular formula is C23H29BrN2O6. The first kappa shape index (κ1) is 24.3. The molecule has 0 aromatic heterocycles. The normalized spacial score (nSPS) is 12.8. The number of hydrogen-bond acceptors (Lipinski definition) is 7. The smallest absolute Gasteiger partial charge is 0.259 e. The van der Waals surface area contributed by atoms with Gasteiger partial charge in [-0.1, -0.05) is 6.07 Å². The van der Waals surface area contributed by atoms with Crippen molar-refractivity contribution < 1.29 is 28.5 Å². The first-order valence-corrected chi connectivity index (χ1v) is 11.0. The van der Waals surface area contributed by atoms with Crippen LogP contribution in [0, 0.1) is 0 Å². The van der Waals surface area contributed by atoms with Crippen LogP contribution in [0.4, 0.5) is 0 Å². The molecule has 0 saturated carbocycles. The maximum atomic E-state index is 13.5. The minimum absolute atomic E-state index is 0.00826. The summed E-state index contributed by atoms with van der Waals surface area (Å²) in [5.74, 6) is 1.56. The predicted octanol–water partition coefficient (Wildman–Crippen LogP) is 3.51. The van der Waals surface area contributed by atoms with E-state index in [-0.39, 0.29) is 19.5 Å². The number of benzene rings is 2. The third kappa shape index (κ3) is 6.13. The first-order valence-electron chi connectivity index (χ1n) is 10.2. The van der Waals surface area contributed by atoms with Gasteiger partial charge in [0.2, 0.25) is 0 Å². The first-order chi connectivity index (χ1) is 15.4. The Bertz CT molecular complexity index is 937.